The Bertz CT molecular complexity index is 1150. The molecule has 0 spiro atoms. The summed E-state index contributed by atoms with van der Waals surface area (Å²) in [6.45, 7) is 0.749. The third-order valence-electron chi connectivity index (χ3n) is 4.75. The lowest BCUT2D eigenvalue weighted by atomic mass is 10.2. The van der Waals surface area contributed by atoms with E-state index in [0.717, 1.165) is 37.0 Å². The average Bonchev–Trinajstić information content (AvgIpc) is 3.12. The van der Waals surface area contributed by atoms with Crippen LogP contribution in [0.15, 0.2) is 64.0 Å². The number of carbonyl (C=O) groups excluding carboxylic acids is 1. The van der Waals surface area contributed by atoms with Crippen LogP contribution < -0.4 is 20.4 Å². The molecule has 8 heteroatoms. The van der Waals surface area contributed by atoms with E-state index in [1.807, 2.05) is 18.2 Å². The van der Waals surface area contributed by atoms with Gasteiger partial charge >= 0.3 is 0 Å². The van der Waals surface area contributed by atoms with E-state index in [-0.39, 0.29) is 11.4 Å². The van der Waals surface area contributed by atoms with Crippen LogP contribution >= 0.6 is 0 Å². The summed E-state index contributed by atoms with van der Waals surface area (Å²) in [6.07, 6.45) is 2.09. The number of nitrogens with zero attached hydrogens (tertiary/aromatic N) is 1. The molecular weight excluding hydrogens is 394 g/mol. The van der Waals surface area contributed by atoms with Gasteiger partial charge in [0.2, 0.25) is 11.2 Å². The SMILES string of the molecule is O=C(COc1coc(CN2CCc3ccccc32)cc1=O)Nc1ccc(F)cc1F. The van der Waals surface area contributed by atoms with Gasteiger partial charge in [0.25, 0.3) is 5.91 Å². The van der Waals surface area contributed by atoms with Gasteiger partial charge in [-0.1, -0.05) is 18.2 Å². The van der Waals surface area contributed by atoms with Gasteiger partial charge in [-0.3, -0.25) is 9.59 Å². The van der Waals surface area contributed by atoms with Crippen molar-refractivity contribution in [1.82, 2.24) is 0 Å². The number of halogens is 2. The Hall–Kier alpha value is -3.68. The lowest BCUT2D eigenvalue weighted by molar-refractivity contribution is -0.118. The third-order valence-corrected chi connectivity index (χ3v) is 4.75. The van der Waals surface area contributed by atoms with Gasteiger partial charge in [-0.2, -0.15) is 0 Å². The minimum Gasteiger partial charge on any atom is -0.477 e. The first-order valence-corrected chi connectivity index (χ1v) is 9.32. The second-order valence-electron chi connectivity index (χ2n) is 6.84. The highest BCUT2D eigenvalue weighted by atomic mass is 19.1. The normalized spacial score (nSPS) is 12.5. The Balaban J connectivity index is 1.36. The summed E-state index contributed by atoms with van der Waals surface area (Å²) >= 11 is 0. The number of benzene rings is 2. The van der Waals surface area contributed by atoms with Gasteiger partial charge in [0.1, 0.15) is 23.7 Å². The fraction of sp³-hybridized carbons (Fsp3) is 0.182. The van der Waals surface area contributed by atoms with Crippen molar-refractivity contribution in [2.45, 2.75) is 13.0 Å². The Morgan fingerprint density at radius 2 is 2.00 bits per heavy atom. The van der Waals surface area contributed by atoms with Crippen LogP contribution in [0.3, 0.4) is 0 Å². The van der Waals surface area contributed by atoms with Gasteiger partial charge in [-0.15, -0.1) is 0 Å². The second kappa shape index (κ2) is 8.36. The fourth-order valence-electron chi connectivity index (χ4n) is 3.31. The summed E-state index contributed by atoms with van der Waals surface area (Å²) in [4.78, 5) is 26.3. The Kier molecular flexibility index (Phi) is 5.47. The van der Waals surface area contributed by atoms with Gasteiger partial charge in [-0.05, 0) is 30.2 Å². The molecule has 30 heavy (non-hydrogen) atoms. The van der Waals surface area contributed by atoms with Crippen molar-refractivity contribution in [3.63, 3.8) is 0 Å². The summed E-state index contributed by atoms with van der Waals surface area (Å²) in [7, 11) is 0. The molecule has 1 aromatic heterocycles. The number of hydrogen-bond donors (Lipinski definition) is 1. The smallest absolute Gasteiger partial charge is 0.262 e. The van der Waals surface area contributed by atoms with E-state index in [2.05, 4.69) is 16.3 Å². The minimum absolute atomic E-state index is 0.129. The summed E-state index contributed by atoms with van der Waals surface area (Å²) in [6, 6.07) is 12.2. The largest absolute Gasteiger partial charge is 0.477 e. The third kappa shape index (κ3) is 4.32. The number of hydrogen-bond acceptors (Lipinski definition) is 5. The van der Waals surface area contributed by atoms with Crippen molar-refractivity contribution in [3.05, 3.63) is 88.0 Å². The first-order valence-electron chi connectivity index (χ1n) is 9.32. The predicted octanol–water partition coefficient (Wildman–Crippen LogP) is 3.50. The molecule has 0 unspecified atom stereocenters. The molecule has 4 rings (SSSR count). The lowest BCUT2D eigenvalue weighted by Gasteiger charge is -2.18. The maximum atomic E-state index is 13.6. The van der Waals surface area contributed by atoms with Gasteiger partial charge in [0, 0.05) is 24.4 Å². The number of nitrogens with one attached hydrogen (secondary N) is 1. The number of amides is 1. The number of anilines is 2. The molecular formula is C22H18F2N2O4. The van der Waals surface area contributed by atoms with E-state index in [4.69, 9.17) is 9.15 Å². The van der Waals surface area contributed by atoms with E-state index >= 15 is 0 Å². The zero-order valence-electron chi connectivity index (χ0n) is 15.9. The molecule has 0 aliphatic carbocycles. The number of para-hydroxylation sites is 1. The molecule has 2 aromatic carbocycles. The van der Waals surface area contributed by atoms with Crippen LogP contribution in [0.1, 0.15) is 11.3 Å². The standard InChI is InChI=1S/C22H18F2N2O4/c23-15-5-6-18(17(24)9-15)25-22(28)13-30-21-12-29-16(10-20(21)27)11-26-8-7-14-3-1-2-4-19(14)26/h1-6,9-10,12H,7-8,11,13H2,(H,25,28). The molecule has 154 valence electrons. The number of rotatable bonds is 6. The van der Waals surface area contributed by atoms with E-state index < -0.39 is 29.6 Å². The fourth-order valence-corrected chi connectivity index (χ4v) is 3.31. The molecule has 0 fully saturated rings. The van der Waals surface area contributed by atoms with Crippen LogP contribution in [0.4, 0.5) is 20.2 Å². The molecule has 1 N–H and O–H groups in total. The summed E-state index contributed by atoms with van der Waals surface area (Å²) in [5, 5.41) is 2.25. The van der Waals surface area contributed by atoms with Gasteiger partial charge in [-0.25, -0.2) is 8.78 Å². The maximum absolute atomic E-state index is 13.6. The lowest BCUT2D eigenvalue weighted by Crippen LogP contribution is -2.23. The Morgan fingerprint density at radius 1 is 1.17 bits per heavy atom. The monoisotopic (exact) mass is 412 g/mol. The van der Waals surface area contributed by atoms with E-state index in [1.165, 1.54) is 11.6 Å². The Labute approximate surface area is 170 Å². The molecule has 0 atom stereocenters. The van der Waals surface area contributed by atoms with E-state index in [0.29, 0.717) is 18.4 Å². The highest BCUT2D eigenvalue weighted by Crippen LogP contribution is 2.28. The van der Waals surface area contributed by atoms with Gasteiger partial charge in [0.15, 0.2) is 6.61 Å². The highest BCUT2D eigenvalue weighted by Gasteiger charge is 2.19. The molecule has 0 radical (unpaired) electrons. The van der Waals surface area contributed by atoms with E-state index in [1.54, 1.807) is 0 Å². The first kappa shape index (κ1) is 19.6. The summed E-state index contributed by atoms with van der Waals surface area (Å²) in [5.74, 6) is -2.01. The van der Waals surface area contributed by atoms with Crippen LogP contribution in [0.2, 0.25) is 0 Å². The number of fused-ring (bicyclic) bond motifs is 1. The van der Waals surface area contributed by atoms with Crippen molar-refractivity contribution >= 4 is 17.3 Å². The molecule has 1 amide bonds. The summed E-state index contributed by atoms with van der Waals surface area (Å²) < 4.78 is 37.2. The quantitative estimate of drug-likeness (QED) is 0.671. The van der Waals surface area contributed by atoms with Crippen LogP contribution in [0.25, 0.3) is 0 Å². The zero-order valence-corrected chi connectivity index (χ0v) is 15.9. The van der Waals surface area contributed by atoms with Crippen LogP contribution in [0, 0.1) is 11.6 Å². The van der Waals surface area contributed by atoms with Crippen LogP contribution in [0.5, 0.6) is 5.75 Å². The topological polar surface area (TPSA) is 71.8 Å². The Morgan fingerprint density at radius 3 is 2.80 bits per heavy atom. The van der Waals surface area contributed by atoms with Crippen molar-refractivity contribution in [3.8, 4) is 5.75 Å². The zero-order chi connectivity index (χ0) is 21.1. The molecule has 0 bridgehead atoms. The maximum Gasteiger partial charge on any atom is 0.262 e. The molecule has 1 aliphatic rings. The van der Waals surface area contributed by atoms with Crippen molar-refractivity contribution < 1.29 is 22.7 Å². The highest BCUT2D eigenvalue weighted by molar-refractivity contribution is 5.91. The average molecular weight is 412 g/mol. The summed E-state index contributed by atoms with van der Waals surface area (Å²) in [5.41, 5.74) is 1.76. The molecule has 0 saturated carbocycles. The first-order chi connectivity index (χ1) is 14.5. The van der Waals surface area contributed by atoms with Crippen LogP contribution in [-0.4, -0.2) is 19.1 Å². The predicted molar refractivity (Wildman–Crippen MR) is 107 cm³/mol. The second-order valence-corrected chi connectivity index (χ2v) is 6.84. The van der Waals surface area contributed by atoms with Crippen molar-refractivity contribution in [2.24, 2.45) is 0 Å². The van der Waals surface area contributed by atoms with Crippen molar-refractivity contribution in [1.29, 1.82) is 0 Å². The van der Waals surface area contributed by atoms with Gasteiger partial charge < -0.3 is 19.4 Å². The molecule has 2 heterocycles. The van der Waals surface area contributed by atoms with Crippen molar-refractivity contribution in [2.75, 3.05) is 23.4 Å². The molecule has 6 nitrogen and oxygen atoms in total. The van der Waals surface area contributed by atoms with E-state index in [9.17, 15) is 18.4 Å². The minimum atomic E-state index is -0.907. The molecule has 1 aliphatic heterocycles. The van der Waals surface area contributed by atoms with Crippen LogP contribution in [-0.2, 0) is 17.8 Å². The number of carbonyl (C=O) groups is 1. The van der Waals surface area contributed by atoms with Gasteiger partial charge in [0.05, 0.1) is 12.2 Å². The number of ether oxygens (including phenoxy) is 1. The molecule has 0 saturated heterocycles. The molecule has 3 aromatic rings.